The largest absolute Gasteiger partial charge is 0.445 e. The van der Waals surface area contributed by atoms with Crippen molar-refractivity contribution in [3.05, 3.63) is 41.0 Å². The van der Waals surface area contributed by atoms with Crippen molar-refractivity contribution in [2.75, 3.05) is 13.1 Å². The molecule has 3 aromatic heterocycles. The van der Waals surface area contributed by atoms with E-state index in [1.807, 2.05) is 11.4 Å². The van der Waals surface area contributed by atoms with Crippen LogP contribution in [-0.4, -0.2) is 42.8 Å². The number of oxazole rings is 1. The Balaban J connectivity index is 1.31. The van der Waals surface area contributed by atoms with Gasteiger partial charge in [-0.15, -0.1) is 10.2 Å². The van der Waals surface area contributed by atoms with Gasteiger partial charge in [-0.2, -0.15) is 9.61 Å². The molecule has 7 heteroatoms. The van der Waals surface area contributed by atoms with Crippen LogP contribution < -0.4 is 0 Å². The molecular formula is C18H22N6O. The highest BCUT2D eigenvalue weighted by molar-refractivity contribution is 5.43. The molecule has 0 aromatic carbocycles. The molecule has 25 heavy (non-hydrogen) atoms. The number of nitrogens with zero attached hydrogens (tertiary/aromatic N) is 6. The Bertz CT molecular complexity index is 906. The number of hydrogen-bond acceptors (Lipinski definition) is 6. The summed E-state index contributed by atoms with van der Waals surface area (Å²) >= 11 is 0. The standard InChI is InChI=1S/C18H22N6O/c1-12-10-19-17(25-12)11-23-7-5-13(6-8-23)18-21-20-16-9-14-3-2-4-15(14)22-24(16)18/h9-10,13H,2-8,11H2,1H3. The molecular weight excluding hydrogens is 316 g/mol. The SMILES string of the molecule is Cc1cnc(CN2CCC(c3nnc4cc5c(nn34)CCC5)CC2)o1. The van der Waals surface area contributed by atoms with Crippen LogP contribution in [-0.2, 0) is 19.4 Å². The highest BCUT2D eigenvalue weighted by Gasteiger charge is 2.26. The number of hydrogen-bond donors (Lipinski definition) is 0. The van der Waals surface area contributed by atoms with Crippen molar-refractivity contribution in [2.45, 2.75) is 51.5 Å². The highest BCUT2D eigenvalue weighted by Crippen LogP contribution is 2.29. The number of aryl methyl sites for hydroxylation is 3. The molecule has 4 heterocycles. The number of piperidine rings is 1. The van der Waals surface area contributed by atoms with E-state index in [1.54, 1.807) is 6.20 Å². The maximum atomic E-state index is 5.60. The van der Waals surface area contributed by atoms with Gasteiger partial charge in [0.2, 0.25) is 5.89 Å². The maximum Gasteiger partial charge on any atom is 0.208 e. The minimum absolute atomic E-state index is 0.421. The Labute approximate surface area is 146 Å². The summed E-state index contributed by atoms with van der Waals surface area (Å²) in [6, 6.07) is 2.17. The molecule has 2 aliphatic rings. The van der Waals surface area contributed by atoms with Gasteiger partial charge < -0.3 is 4.42 Å². The van der Waals surface area contributed by atoms with Gasteiger partial charge in [0, 0.05) is 5.92 Å². The number of likely N-dealkylation sites (tertiary alicyclic amines) is 1. The van der Waals surface area contributed by atoms with E-state index in [-0.39, 0.29) is 0 Å². The van der Waals surface area contributed by atoms with Gasteiger partial charge in [0.1, 0.15) is 5.76 Å². The van der Waals surface area contributed by atoms with Crippen LogP contribution in [0.25, 0.3) is 5.65 Å². The lowest BCUT2D eigenvalue weighted by Gasteiger charge is -2.30. The second kappa shape index (κ2) is 5.91. The van der Waals surface area contributed by atoms with Gasteiger partial charge in [-0.05, 0) is 63.7 Å². The Morgan fingerprint density at radius 3 is 2.88 bits per heavy atom. The topological polar surface area (TPSA) is 72.4 Å². The van der Waals surface area contributed by atoms with Crippen molar-refractivity contribution in [1.29, 1.82) is 0 Å². The van der Waals surface area contributed by atoms with Crippen LogP contribution in [0.3, 0.4) is 0 Å². The molecule has 7 nitrogen and oxygen atoms in total. The van der Waals surface area contributed by atoms with E-state index in [1.165, 1.54) is 17.7 Å². The van der Waals surface area contributed by atoms with Crippen LogP contribution in [0, 0.1) is 6.92 Å². The van der Waals surface area contributed by atoms with Crippen LogP contribution in [0.2, 0.25) is 0 Å². The van der Waals surface area contributed by atoms with Crippen molar-refractivity contribution in [1.82, 2.24) is 29.7 Å². The molecule has 130 valence electrons. The maximum absolute atomic E-state index is 5.60. The third kappa shape index (κ3) is 2.72. The normalized spacial score (nSPS) is 18.9. The molecule has 0 unspecified atom stereocenters. The van der Waals surface area contributed by atoms with E-state index in [0.29, 0.717) is 5.92 Å². The zero-order chi connectivity index (χ0) is 16.8. The lowest BCUT2D eigenvalue weighted by molar-refractivity contribution is 0.183. The summed E-state index contributed by atoms with van der Waals surface area (Å²) in [5.41, 5.74) is 3.47. The van der Waals surface area contributed by atoms with E-state index in [4.69, 9.17) is 9.52 Å². The van der Waals surface area contributed by atoms with Gasteiger partial charge >= 0.3 is 0 Å². The molecule has 0 bridgehead atoms. The van der Waals surface area contributed by atoms with Crippen LogP contribution >= 0.6 is 0 Å². The molecule has 1 aliphatic carbocycles. The predicted molar refractivity (Wildman–Crippen MR) is 91.3 cm³/mol. The molecule has 0 N–H and O–H groups in total. The van der Waals surface area contributed by atoms with E-state index < -0.39 is 0 Å². The summed E-state index contributed by atoms with van der Waals surface area (Å²) in [6.07, 6.45) is 7.33. The fourth-order valence-corrected chi connectivity index (χ4v) is 4.06. The first-order chi connectivity index (χ1) is 12.3. The van der Waals surface area contributed by atoms with Crippen molar-refractivity contribution >= 4 is 5.65 Å². The van der Waals surface area contributed by atoms with Gasteiger partial charge in [-0.25, -0.2) is 4.98 Å². The third-order valence-corrected chi connectivity index (χ3v) is 5.42. The van der Waals surface area contributed by atoms with Crippen molar-refractivity contribution in [2.24, 2.45) is 0 Å². The first-order valence-corrected chi connectivity index (χ1v) is 9.14. The lowest BCUT2D eigenvalue weighted by atomic mass is 9.96. The number of fused-ring (bicyclic) bond motifs is 2. The molecule has 3 aromatic rings. The molecule has 0 saturated carbocycles. The Morgan fingerprint density at radius 2 is 2.08 bits per heavy atom. The summed E-state index contributed by atoms with van der Waals surface area (Å²) < 4.78 is 7.58. The van der Waals surface area contributed by atoms with Gasteiger partial charge in [0.25, 0.3) is 0 Å². The summed E-state index contributed by atoms with van der Waals surface area (Å²) in [5.74, 6) is 3.13. The average Bonchev–Trinajstić information content (AvgIpc) is 3.33. The van der Waals surface area contributed by atoms with Crippen LogP contribution in [0.1, 0.15) is 53.9 Å². The molecule has 0 spiro atoms. The predicted octanol–water partition coefficient (Wildman–Crippen LogP) is 2.29. The average molecular weight is 338 g/mol. The molecule has 1 saturated heterocycles. The minimum atomic E-state index is 0.421. The lowest BCUT2D eigenvalue weighted by Crippen LogP contribution is -2.33. The third-order valence-electron chi connectivity index (χ3n) is 5.42. The zero-order valence-electron chi connectivity index (χ0n) is 14.5. The van der Waals surface area contributed by atoms with Crippen molar-refractivity contribution < 1.29 is 4.42 Å². The fourth-order valence-electron chi connectivity index (χ4n) is 4.06. The molecule has 5 rings (SSSR count). The summed E-state index contributed by atoms with van der Waals surface area (Å²) in [6.45, 7) is 4.76. The second-order valence-corrected chi connectivity index (χ2v) is 7.21. The van der Waals surface area contributed by atoms with Gasteiger partial charge in [-0.1, -0.05) is 0 Å². The molecule has 1 aliphatic heterocycles. The minimum Gasteiger partial charge on any atom is -0.445 e. The summed E-state index contributed by atoms with van der Waals surface area (Å²) in [5, 5.41) is 13.7. The van der Waals surface area contributed by atoms with E-state index in [9.17, 15) is 0 Å². The molecule has 1 fully saturated rings. The van der Waals surface area contributed by atoms with Gasteiger partial charge in [0.05, 0.1) is 18.4 Å². The first-order valence-electron chi connectivity index (χ1n) is 9.14. The quantitative estimate of drug-likeness (QED) is 0.729. The summed E-state index contributed by atoms with van der Waals surface area (Å²) in [7, 11) is 0. The number of aromatic nitrogens is 5. The monoisotopic (exact) mass is 338 g/mol. The van der Waals surface area contributed by atoms with Crippen molar-refractivity contribution in [3.63, 3.8) is 0 Å². The Morgan fingerprint density at radius 1 is 1.20 bits per heavy atom. The van der Waals surface area contributed by atoms with E-state index >= 15 is 0 Å². The van der Waals surface area contributed by atoms with E-state index in [2.05, 4.69) is 26.1 Å². The molecule has 0 amide bonds. The Hall–Kier alpha value is -2.28. The first kappa shape index (κ1) is 15.0. The van der Waals surface area contributed by atoms with Crippen LogP contribution in [0.4, 0.5) is 0 Å². The Kier molecular flexibility index (Phi) is 3.55. The van der Waals surface area contributed by atoms with Crippen LogP contribution in [0.5, 0.6) is 0 Å². The zero-order valence-corrected chi connectivity index (χ0v) is 14.5. The fraction of sp³-hybridized carbons (Fsp3) is 0.556. The van der Waals surface area contributed by atoms with Gasteiger partial charge in [-0.3, -0.25) is 4.90 Å². The van der Waals surface area contributed by atoms with Crippen LogP contribution in [0.15, 0.2) is 16.7 Å². The number of rotatable bonds is 3. The molecule has 0 radical (unpaired) electrons. The van der Waals surface area contributed by atoms with E-state index in [0.717, 1.165) is 68.4 Å². The summed E-state index contributed by atoms with van der Waals surface area (Å²) in [4.78, 5) is 6.71. The molecule has 0 atom stereocenters. The smallest absolute Gasteiger partial charge is 0.208 e. The second-order valence-electron chi connectivity index (χ2n) is 7.21. The van der Waals surface area contributed by atoms with Gasteiger partial charge in [0.15, 0.2) is 11.5 Å². The highest BCUT2D eigenvalue weighted by atomic mass is 16.4. The van der Waals surface area contributed by atoms with Crippen molar-refractivity contribution in [3.8, 4) is 0 Å².